The summed E-state index contributed by atoms with van der Waals surface area (Å²) in [6.07, 6.45) is 1.58. The first-order valence-electron chi connectivity index (χ1n) is 3.93. The second-order valence-electron chi connectivity index (χ2n) is 2.51. The van der Waals surface area contributed by atoms with Gasteiger partial charge in [-0.3, -0.25) is 4.79 Å². The lowest BCUT2D eigenvalue weighted by atomic mass is 10.3. The van der Waals surface area contributed by atoms with E-state index in [0.29, 0.717) is 11.8 Å². The standard InChI is InChI=1S/C10H9NO3/c12-9(6-7-10(13)14)11-8-4-2-1-3-5-8/h1-7H,(H,11,12)(H,13,14)/p-1/b7-6+. The van der Waals surface area contributed by atoms with Crippen LogP contribution in [0.2, 0.25) is 0 Å². The lowest BCUT2D eigenvalue weighted by molar-refractivity contribution is -0.297. The Morgan fingerprint density at radius 1 is 1.14 bits per heavy atom. The van der Waals surface area contributed by atoms with Crippen molar-refractivity contribution in [2.75, 3.05) is 5.32 Å². The number of amides is 1. The van der Waals surface area contributed by atoms with Gasteiger partial charge in [0.2, 0.25) is 5.91 Å². The maximum atomic E-state index is 11.0. The van der Waals surface area contributed by atoms with E-state index < -0.39 is 11.9 Å². The molecule has 1 rings (SSSR count). The molecule has 0 aliphatic rings. The van der Waals surface area contributed by atoms with E-state index >= 15 is 0 Å². The van der Waals surface area contributed by atoms with Gasteiger partial charge in [0.15, 0.2) is 0 Å². The average Bonchev–Trinajstić information content (AvgIpc) is 2.16. The zero-order valence-corrected chi connectivity index (χ0v) is 7.27. The minimum Gasteiger partial charge on any atom is -0.545 e. The van der Waals surface area contributed by atoms with Crippen LogP contribution in [0.3, 0.4) is 0 Å². The van der Waals surface area contributed by atoms with Crippen molar-refractivity contribution in [1.29, 1.82) is 0 Å². The Hall–Kier alpha value is -2.10. The van der Waals surface area contributed by atoms with E-state index in [0.717, 1.165) is 6.08 Å². The number of para-hydroxylation sites is 1. The number of rotatable bonds is 3. The van der Waals surface area contributed by atoms with Crippen LogP contribution in [-0.4, -0.2) is 11.9 Å². The van der Waals surface area contributed by atoms with Crippen molar-refractivity contribution in [1.82, 2.24) is 0 Å². The Balaban J connectivity index is 2.54. The number of carbonyl (C=O) groups excluding carboxylic acids is 2. The van der Waals surface area contributed by atoms with Gasteiger partial charge in [-0.1, -0.05) is 18.2 Å². The molecule has 0 spiro atoms. The van der Waals surface area contributed by atoms with E-state index in [1.54, 1.807) is 24.3 Å². The van der Waals surface area contributed by atoms with Gasteiger partial charge in [0.05, 0.1) is 5.97 Å². The molecular formula is C10H8NO3-. The van der Waals surface area contributed by atoms with Crippen molar-refractivity contribution in [2.24, 2.45) is 0 Å². The van der Waals surface area contributed by atoms with E-state index in [1.807, 2.05) is 6.07 Å². The predicted octanol–water partition coefficient (Wildman–Crippen LogP) is -0.0688. The molecule has 1 amide bonds. The van der Waals surface area contributed by atoms with Crippen molar-refractivity contribution in [3.05, 3.63) is 42.5 Å². The number of hydrogen-bond acceptors (Lipinski definition) is 3. The molecule has 4 heteroatoms. The summed E-state index contributed by atoms with van der Waals surface area (Å²) >= 11 is 0. The van der Waals surface area contributed by atoms with Gasteiger partial charge in [-0.05, 0) is 18.2 Å². The maximum Gasteiger partial charge on any atom is 0.248 e. The summed E-state index contributed by atoms with van der Waals surface area (Å²) in [5.41, 5.74) is 0.612. The van der Waals surface area contributed by atoms with Crippen LogP contribution in [0.25, 0.3) is 0 Å². The Labute approximate surface area is 80.9 Å². The summed E-state index contributed by atoms with van der Waals surface area (Å²) in [5, 5.41) is 12.5. The van der Waals surface area contributed by atoms with Crippen molar-refractivity contribution in [2.45, 2.75) is 0 Å². The predicted molar refractivity (Wildman–Crippen MR) is 49.2 cm³/mol. The second-order valence-corrected chi connectivity index (χ2v) is 2.51. The topological polar surface area (TPSA) is 69.2 Å². The summed E-state index contributed by atoms with van der Waals surface area (Å²) in [6.45, 7) is 0. The number of hydrogen-bond donors (Lipinski definition) is 1. The van der Waals surface area contributed by atoms with Crippen LogP contribution in [0, 0.1) is 0 Å². The Kier molecular flexibility index (Phi) is 3.43. The van der Waals surface area contributed by atoms with Gasteiger partial charge in [0.1, 0.15) is 0 Å². The highest BCUT2D eigenvalue weighted by Crippen LogP contribution is 2.04. The third-order valence-electron chi connectivity index (χ3n) is 1.41. The number of carboxylic acids is 1. The van der Waals surface area contributed by atoms with Gasteiger partial charge < -0.3 is 15.2 Å². The van der Waals surface area contributed by atoms with Crippen LogP contribution >= 0.6 is 0 Å². The minimum atomic E-state index is -1.40. The quantitative estimate of drug-likeness (QED) is 0.678. The van der Waals surface area contributed by atoms with Gasteiger partial charge in [0, 0.05) is 11.8 Å². The number of anilines is 1. The first-order chi connectivity index (χ1) is 6.68. The number of benzene rings is 1. The summed E-state index contributed by atoms with van der Waals surface area (Å²) in [6, 6.07) is 8.73. The number of carbonyl (C=O) groups is 2. The first-order valence-corrected chi connectivity index (χ1v) is 3.93. The largest absolute Gasteiger partial charge is 0.545 e. The van der Waals surface area contributed by atoms with Gasteiger partial charge in [0.25, 0.3) is 0 Å². The van der Waals surface area contributed by atoms with Gasteiger partial charge in [-0.2, -0.15) is 0 Å². The second kappa shape index (κ2) is 4.81. The van der Waals surface area contributed by atoms with Gasteiger partial charge >= 0.3 is 0 Å². The zero-order chi connectivity index (χ0) is 10.4. The maximum absolute atomic E-state index is 11.0. The zero-order valence-electron chi connectivity index (χ0n) is 7.27. The molecule has 0 fully saturated rings. The molecule has 0 aliphatic heterocycles. The van der Waals surface area contributed by atoms with Gasteiger partial charge in [-0.15, -0.1) is 0 Å². The van der Waals surface area contributed by atoms with Crippen LogP contribution in [0.1, 0.15) is 0 Å². The molecule has 0 saturated heterocycles. The normalized spacial score (nSPS) is 10.0. The molecule has 14 heavy (non-hydrogen) atoms. The molecule has 1 aromatic rings. The van der Waals surface area contributed by atoms with Crippen molar-refractivity contribution in [3.63, 3.8) is 0 Å². The molecule has 0 saturated carbocycles. The fraction of sp³-hybridized carbons (Fsp3) is 0. The molecule has 4 nitrogen and oxygen atoms in total. The molecule has 0 atom stereocenters. The molecule has 0 aliphatic carbocycles. The molecule has 72 valence electrons. The molecule has 1 aromatic carbocycles. The van der Waals surface area contributed by atoms with Crippen LogP contribution in [0.15, 0.2) is 42.5 Å². The van der Waals surface area contributed by atoms with Crippen molar-refractivity contribution >= 4 is 17.6 Å². The van der Waals surface area contributed by atoms with E-state index in [1.165, 1.54) is 0 Å². The lowest BCUT2D eigenvalue weighted by Gasteiger charge is -2.00. The smallest absolute Gasteiger partial charge is 0.248 e. The molecular weight excluding hydrogens is 182 g/mol. The highest BCUT2D eigenvalue weighted by Gasteiger charge is 1.94. The van der Waals surface area contributed by atoms with Gasteiger partial charge in [-0.25, -0.2) is 0 Å². The fourth-order valence-electron chi connectivity index (χ4n) is 0.849. The third kappa shape index (κ3) is 3.53. The lowest BCUT2D eigenvalue weighted by Crippen LogP contribution is -2.20. The highest BCUT2D eigenvalue weighted by molar-refractivity contribution is 6.01. The third-order valence-corrected chi connectivity index (χ3v) is 1.41. The SMILES string of the molecule is O=C([O-])/C=C/C(=O)Nc1ccccc1. The number of carboxylic acid groups (broad SMARTS) is 1. The van der Waals surface area contributed by atoms with Crippen LogP contribution in [0.4, 0.5) is 5.69 Å². The highest BCUT2D eigenvalue weighted by atomic mass is 16.4. The monoisotopic (exact) mass is 190 g/mol. The molecule has 0 bridgehead atoms. The Morgan fingerprint density at radius 3 is 2.36 bits per heavy atom. The Morgan fingerprint density at radius 2 is 1.79 bits per heavy atom. The van der Waals surface area contributed by atoms with E-state index in [2.05, 4.69) is 5.32 Å². The van der Waals surface area contributed by atoms with E-state index in [4.69, 9.17) is 0 Å². The summed E-state index contributed by atoms with van der Waals surface area (Å²) in [4.78, 5) is 21.0. The average molecular weight is 190 g/mol. The summed E-state index contributed by atoms with van der Waals surface area (Å²) in [7, 11) is 0. The molecule has 1 N–H and O–H groups in total. The molecule has 0 radical (unpaired) electrons. The number of nitrogens with one attached hydrogen (secondary N) is 1. The molecule has 0 unspecified atom stereocenters. The van der Waals surface area contributed by atoms with E-state index in [9.17, 15) is 14.7 Å². The summed E-state index contributed by atoms with van der Waals surface area (Å²) in [5.74, 6) is -1.89. The number of aliphatic carboxylic acids is 1. The molecule has 0 aromatic heterocycles. The Bertz CT molecular complexity index is 357. The molecule has 0 heterocycles. The van der Waals surface area contributed by atoms with Crippen LogP contribution < -0.4 is 10.4 Å². The van der Waals surface area contributed by atoms with Crippen molar-refractivity contribution < 1.29 is 14.7 Å². The van der Waals surface area contributed by atoms with E-state index in [-0.39, 0.29) is 0 Å². The van der Waals surface area contributed by atoms with Crippen LogP contribution in [-0.2, 0) is 9.59 Å². The van der Waals surface area contributed by atoms with Crippen LogP contribution in [0.5, 0.6) is 0 Å². The minimum absolute atomic E-state index is 0.500. The van der Waals surface area contributed by atoms with Crippen molar-refractivity contribution in [3.8, 4) is 0 Å². The summed E-state index contributed by atoms with van der Waals surface area (Å²) < 4.78 is 0. The fourth-order valence-corrected chi connectivity index (χ4v) is 0.849. The first kappa shape index (κ1) is 9.98.